The fourth-order valence-electron chi connectivity index (χ4n) is 2.89. The van der Waals surface area contributed by atoms with Crippen molar-refractivity contribution in [3.63, 3.8) is 0 Å². The predicted molar refractivity (Wildman–Crippen MR) is 122 cm³/mol. The summed E-state index contributed by atoms with van der Waals surface area (Å²) in [6, 6.07) is 19.9. The molecule has 31 heavy (non-hydrogen) atoms. The number of rotatable bonds is 6. The number of carbonyl (C=O) groups excluding carboxylic acids is 1. The second-order valence-corrected chi connectivity index (χ2v) is 9.28. The number of aromatic nitrogens is 2. The maximum atomic E-state index is 12.7. The molecule has 1 amide bonds. The lowest BCUT2D eigenvalue weighted by molar-refractivity contribution is 0.102. The van der Waals surface area contributed by atoms with E-state index in [2.05, 4.69) is 20.0 Å². The van der Waals surface area contributed by atoms with E-state index in [1.807, 2.05) is 25.1 Å². The first-order valence-corrected chi connectivity index (χ1v) is 11.6. The molecule has 0 saturated heterocycles. The highest BCUT2D eigenvalue weighted by molar-refractivity contribution is 7.92. The first-order chi connectivity index (χ1) is 14.9. The zero-order chi connectivity index (χ0) is 21.8. The van der Waals surface area contributed by atoms with E-state index >= 15 is 0 Å². The Morgan fingerprint density at radius 1 is 0.968 bits per heavy atom. The molecule has 0 aliphatic heterocycles. The van der Waals surface area contributed by atoms with Crippen LogP contribution in [0.5, 0.6) is 0 Å². The molecule has 2 heterocycles. The molecule has 9 heteroatoms. The molecule has 0 unspecified atom stereocenters. The SMILES string of the molecule is Cc1nc(NC(=O)c2cccc(NS(=O)(=O)c3ccccc3)c2)sc1-c1ccccn1. The smallest absolute Gasteiger partial charge is 0.261 e. The number of nitrogens with zero attached hydrogens (tertiary/aromatic N) is 2. The van der Waals surface area contributed by atoms with Crippen LogP contribution in [0.4, 0.5) is 10.8 Å². The van der Waals surface area contributed by atoms with Gasteiger partial charge in [0.15, 0.2) is 5.13 Å². The quantitative estimate of drug-likeness (QED) is 0.448. The van der Waals surface area contributed by atoms with Crippen molar-refractivity contribution in [1.82, 2.24) is 9.97 Å². The van der Waals surface area contributed by atoms with Gasteiger partial charge in [-0.3, -0.25) is 19.8 Å². The number of sulfonamides is 1. The van der Waals surface area contributed by atoms with E-state index in [-0.39, 0.29) is 10.8 Å². The van der Waals surface area contributed by atoms with Crippen molar-refractivity contribution >= 4 is 38.1 Å². The van der Waals surface area contributed by atoms with Crippen LogP contribution >= 0.6 is 11.3 Å². The van der Waals surface area contributed by atoms with E-state index in [4.69, 9.17) is 0 Å². The van der Waals surface area contributed by atoms with Gasteiger partial charge in [0.1, 0.15) is 0 Å². The number of pyridine rings is 1. The minimum Gasteiger partial charge on any atom is -0.298 e. The lowest BCUT2D eigenvalue weighted by Crippen LogP contribution is -2.15. The molecule has 0 fully saturated rings. The van der Waals surface area contributed by atoms with Crippen molar-refractivity contribution in [2.45, 2.75) is 11.8 Å². The van der Waals surface area contributed by atoms with E-state index in [1.165, 1.54) is 29.5 Å². The molecule has 0 radical (unpaired) electrons. The zero-order valence-electron chi connectivity index (χ0n) is 16.4. The first-order valence-electron chi connectivity index (χ1n) is 9.30. The van der Waals surface area contributed by atoms with Crippen LogP contribution in [0.3, 0.4) is 0 Å². The maximum Gasteiger partial charge on any atom is 0.261 e. The summed E-state index contributed by atoms with van der Waals surface area (Å²) in [5, 5.41) is 3.22. The molecule has 0 aliphatic carbocycles. The number of anilines is 2. The van der Waals surface area contributed by atoms with Crippen molar-refractivity contribution < 1.29 is 13.2 Å². The number of amides is 1. The van der Waals surface area contributed by atoms with Crippen molar-refractivity contribution in [1.29, 1.82) is 0 Å². The number of aryl methyl sites for hydroxylation is 1. The Morgan fingerprint density at radius 3 is 2.48 bits per heavy atom. The zero-order valence-corrected chi connectivity index (χ0v) is 18.1. The number of benzene rings is 2. The van der Waals surface area contributed by atoms with Crippen molar-refractivity contribution in [3.05, 3.63) is 90.3 Å². The molecule has 156 valence electrons. The predicted octanol–water partition coefficient (Wildman–Crippen LogP) is 4.57. The Morgan fingerprint density at radius 2 is 1.74 bits per heavy atom. The molecule has 0 bridgehead atoms. The molecular formula is C22H18N4O3S2. The highest BCUT2D eigenvalue weighted by Gasteiger charge is 2.16. The summed E-state index contributed by atoms with van der Waals surface area (Å²) < 4.78 is 27.5. The van der Waals surface area contributed by atoms with Crippen LogP contribution in [0.1, 0.15) is 16.1 Å². The molecule has 2 aromatic heterocycles. The molecule has 2 aromatic carbocycles. The van der Waals surface area contributed by atoms with Gasteiger partial charge in [-0.1, -0.05) is 41.7 Å². The Labute approximate surface area is 183 Å². The van der Waals surface area contributed by atoms with Crippen LogP contribution in [-0.4, -0.2) is 24.3 Å². The third-order valence-electron chi connectivity index (χ3n) is 4.35. The van der Waals surface area contributed by atoms with Gasteiger partial charge in [0.25, 0.3) is 15.9 Å². The van der Waals surface area contributed by atoms with E-state index in [1.54, 1.807) is 42.6 Å². The summed E-state index contributed by atoms with van der Waals surface area (Å²) in [6.45, 7) is 1.86. The van der Waals surface area contributed by atoms with Gasteiger partial charge in [-0.05, 0) is 49.4 Å². The van der Waals surface area contributed by atoms with Crippen LogP contribution in [0.2, 0.25) is 0 Å². The second-order valence-electron chi connectivity index (χ2n) is 6.60. The van der Waals surface area contributed by atoms with Gasteiger partial charge in [-0.15, -0.1) is 0 Å². The highest BCUT2D eigenvalue weighted by Crippen LogP contribution is 2.31. The van der Waals surface area contributed by atoms with Gasteiger partial charge < -0.3 is 0 Å². The molecule has 7 nitrogen and oxygen atoms in total. The third kappa shape index (κ3) is 4.79. The van der Waals surface area contributed by atoms with Crippen molar-refractivity contribution in [2.24, 2.45) is 0 Å². The lowest BCUT2D eigenvalue weighted by Gasteiger charge is -2.09. The number of carbonyl (C=O) groups is 1. The van der Waals surface area contributed by atoms with Gasteiger partial charge in [-0.2, -0.15) is 0 Å². The topological polar surface area (TPSA) is 101 Å². The second kappa shape index (κ2) is 8.66. The van der Waals surface area contributed by atoms with Crippen LogP contribution < -0.4 is 10.0 Å². The summed E-state index contributed by atoms with van der Waals surface area (Å²) in [4.78, 5) is 22.5. The van der Waals surface area contributed by atoms with E-state index in [9.17, 15) is 13.2 Å². The number of thiazole rings is 1. The normalized spacial score (nSPS) is 11.1. The maximum absolute atomic E-state index is 12.7. The molecule has 0 atom stereocenters. The standard InChI is InChI=1S/C22H18N4O3S2/c1-15-20(19-12-5-6-13-23-19)30-22(24-15)25-21(27)16-8-7-9-17(14-16)26-31(28,29)18-10-3-2-4-11-18/h2-14,26H,1H3,(H,24,25,27). The van der Waals surface area contributed by atoms with Gasteiger partial charge in [-0.25, -0.2) is 13.4 Å². The van der Waals surface area contributed by atoms with E-state index < -0.39 is 10.0 Å². The monoisotopic (exact) mass is 450 g/mol. The Bertz CT molecular complexity index is 1320. The highest BCUT2D eigenvalue weighted by atomic mass is 32.2. The minimum atomic E-state index is -3.75. The van der Waals surface area contributed by atoms with Crippen LogP contribution in [-0.2, 0) is 10.0 Å². The van der Waals surface area contributed by atoms with E-state index in [0.29, 0.717) is 16.4 Å². The molecule has 4 rings (SSSR count). The van der Waals surface area contributed by atoms with Gasteiger partial charge in [0.2, 0.25) is 0 Å². The average molecular weight is 451 g/mol. The summed E-state index contributed by atoms with van der Waals surface area (Å²) in [7, 11) is -3.75. The number of hydrogen-bond donors (Lipinski definition) is 2. The number of hydrogen-bond acceptors (Lipinski definition) is 6. The Kier molecular flexibility index (Phi) is 5.79. The molecule has 2 N–H and O–H groups in total. The first kappa shape index (κ1) is 20.7. The summed E-state index contributed by atoms with van der Waals surface area (Å²) in [6.07, 6.45) is 1.70. The van der Waals surface area contributed by atoms with E-state index in [0.717, 1.165) is 16.3 Å². The van der Waals surface area contributed by atoms with Gasteiger partial charge in [0, 0.05) is 17.4 Å². The lowest BCUT2D eigenvalue weighted by atomic mass is 10.2. The Balaban J connectivity index is 1.52. The van der Waals surface area contributed by atoms with Crippen molar-refractivity contribution in [2.75, 3.05) is 10.0 Å². The fourth-order valence-corrected chi connectivity index (χ4v) is 4.90. The molecular weight excluding hydrogens is 432 g/mol. The summed E-state index contributed by atoms with van der Waals surface area (Å²) >= 11 is 1.33. The largest absolute Gasteiger partial charge is 0.298 e. The average Bonchev–Trinajstić information content (AvgIpc) is 3.14. The van der Waals surface area contributed by atoms with Crippen LogP contribution in [0.15, 0.2) is 83.9 Å². The van der Waals surface area contributed by atoms with Crippen LogP contribution in [0.25, 0.3) is 10.6 Å². The molecule has 0 aliphatic rings. The fraction of sp³-hybridized carbons (Fsp3) is 0.0455. The Hall–Kier alpha value is -3.56. The van der Waals surface area contributed by atoms with Gasteiger partial charge >= 0.3 is 0 Å². The van der Waals surface area contributed by atoms with Crippen LogP contribution in [0, 0.1) is 6.92 Å². The summed E-state index contributed by atoms with van der Waals surface area (Å²) in [5.74, 6) is -0.387. The third-order valence-corrected chi connectivity index (χ3v) is 6.84. The summed E-state index contributed by atoms with van der Waals surface area (Å²) in [5.41, 5.74) is 2.15. The minimum absolute atomic E-state index is 0.144. The molecule has 4 aromatic rings. The van der Waals surface area contributed by atoms with Gasteiger partial charge in [0.05, 0.1) is 21.2 Å². The molecule has 0 saturated carbocycles. The number of nitrogens with one attached hydrogen (secondary N) is 2. The molecule has 0 spiro atoms. The van der Waals surface area contributed by atoms with Crippen molar-refractivity contribution in [3.8, 4) is 10.6 Å².